The molecular weight excluding hydrogens is 380 g/mol. The van der Waals surface area contributed by atoms with Gasteiger partial charge >= 0.3 is 0 Å². The first-order valence-electron chi connectivity index (χ1n) is 9.86. The number of nitrogens with zero attached hydrogens (tertiary/aromatic N) is 4. The van der Waals surface area contributed by atoms with E-state index in [1.807, 2.05) is 53.6 Å². The number of carbonyl (C=O) groups is 1. The highest BCUT2D eigenvalue weighted by atomic mass is 16.5. The number of aromatic nitrogens is 3. The number of nitrogens with two attached hydrogens (primary N) is 2. The summed E-state index contributed by atoms with van der Waals surface area (Å²) in [6.45, 7) is 3.08. The van der Waals surface area contributed by atoms with Gasteiger partial charge in [-0.2, -0.15) is 4.98 Å². The molecule has 0 spiro atoms. The quantitative estimate of drug-likeness (QED) is 0.544. The predicted octanol–water partition coefficient (Wildman–Crippen LogP) is 2.27. The Morgan fingerprint density at radius 2 is 1.90 bits per heavy atom. The lowest BCUT2D eigenvalue weighted by atomic mass is 10.1. The third kappa shape index (κ3) is 3.21. The fourth-order valence-corrected chi connectivity index (χ4v) is 4.04. The van der Waals surface area contributed by atoms with Gasteiger partial charge in [-0.15, -0.1) is 0 Å². The molecule has 0 atom stereocenters. The van der Waals surface area contributed by atoms with Crippen LogP contribution < -0.4 is 11.5 Å². The van der Waals surface area contributed by atoms with Crippen molar-refractivity contribution in [3.8, 4) is 0 Å². The minimum atomic E-state index is 0.0472. The summed E-state index contributed by atoms with van der Waals surface area (Å²) in [6, 6.07) is 13.7. The van der Waals surface area contributed by atoms with Crippen molar-refractivity contribution < 1.29 is 9.53 Å². The van der Waals surface area contributed by atoms with E-state index in [1.54, 1.807) is 0 Å². The largest absolute Gasteiger partial charge is 0.383 e. The monoisotopic (exact) mass is 402 g/mol. The molecule has 1 aliphatic heterocycles. The molecule has 1 saturated heterocycles. The van der Waals surface area contributed by atoms with Gasteiger partial charge in [0.1, 0.15) is 5.82 Å². The van der Waals surface area contributed by atoms with Crippen molar-refractivity contribution in [2.45, 2.75) is 6.54 Å². The van der Waals surface area contributed by atoms with Crippen LogP contribution in [0.1, 0.15) is 15.9 Å². The van der Waals surface area contributed by atoms with Crippen molar-refractivity contribution in [2.24, 2.45) is 0 Å². The lowest BCUT2D eigenvalue weighted by Crippen LogP contribution is -2.40. The van der Waals surface area contributed by atoms with Crippen LogP contribution in [0.15, 0.2) is 48.7 Å². The van der Waals surface area contributed by atoms with Crippen molar-refractivity contribution in [1.82, 2.24) is 19.4 Å². The SMILES string of the molecule is Nc1nc(N)c2c(ccc3c2ccn3Cc2cccc(C(=O)N3CCOCC3)c2)n1. The molecule has 152 valence electrons. The zero-order valence-corrected chi connectivity index (χ0v) is 16.4. The molecule has 0 aliphatic carbocycles. The zero-order valence-electron chi connectivity index (χ0n) is 16.4. The molecule has 0 unspecified atom stereocenters. The van der Waals surface area contributed by atoms with Crippen LogP contribution in [-0.4, -0.2) is 51.6 Å². The van der Waals surface area contributed by atoms with Gasteiger partial charge in [0.25, 0.3) is 5.91 Å². The van der Waals surface area contributed by atoms with Crippen LogP contribution >= 0.6 is 0 Å². The van der Waals surface area contributed by atoms with Crippen LogP contribution in [0.5, 0.6) is 0 Å². The average molecular weight is 402 g/mol. The topological polar surface area (TPSA) is 112 Å². The Balaban J connectivity index is 1.47. The minimum Gasteiger partial charge on any atom is -0.383 e. The maximum Gasteiger partial charge on any atom is 0.254 e. The van der Waals surface area contributed by atoms with Gasteiger partial charge in [-0.3, -0.25) is 4.79 Å². The molecule has 1 fully saturated rings. The third-order valence-electron chi connectivity index (χ3n) is 5.48. The molecule has 2 aromatic carbocycles. The van der Waals surface area contributed by atoms with E-state index in [-0.39, 0.29) is 11.9 Å². The van der Waals surface area contributed by atoms with Crippen LogP contribution in [-0.2, 0) is 11.3 Å². The maximum absolute atomic E-state index is 12.8. The second-order valence-electron chi connectivity index (χ2n) is 7.41. The number of morpholine rings is 1. The fraction of sp³-hybridized carbons (Fsp3) is 0.227. The van der Waals surface area contributed by atoms with E-state index in [0.29, 0.717) is 44.2 Å². The lowest BCUT2D eigenvalue weighted by molar-refractivity contribution is 0.0303. The Morgan fingerprint density at radius 1 is 1.07 bits per heavy atom. The Hall–Kier alpha value is -3.65. The Kier molecular flexibility index (Phi) is 4.48. The number of hydrogen-bond acceptors (Lipinski definition) is 6. The first kappa shape index (κ1) is 18.4. The molecule has 5 rings (SSSR count). The maximum atomic E-state index is 12.8. The van der Waals surface area contributed by atoms with Gasteiger partial charge in [-0.05, 0) is 35.9 Å². The van der Waals surface area contributed by atoms with Crippen LogP contribution in [0.3, 0.4) is 0 Å². The summed E-state index contributed by atoms with van der Waals surface area (Å²) >= 11 is 0. The number of fused-ring (bicyclic) bond motifs is 3. The summed E-state index contributed by atoms with van der Waals surface area (Å²) in [7, 11) is 0. The molecule has 0 radical (unpaired) electrons. The third-order valence-corrected chi connectivity index (χ3v) is 5.48. The fourth-order valence-electron chi connectivity index (χ4n) is 4.04. The van der Waals surface area contributed by atoms with E-state index in [1.165, 1.54) is 0 Å². The van der Waals surface area contributed by atoms with Gasteiger partial charge in [-0.1, -0.05) is 12.1 Å². The minimum absolute atomic E-state index is 0.0472. The molecule has 4 aromatic rings. The molecule has 30 heavy (non-hydrogen) atoms. The summed E-state index contributed by atoms with van der Waals surface area (Å²) in [4.78, 5) is 23.0. The molecule has 0 bridgehead atoms. The van der Waals surface area contributed by atoms with Crippen molar-refractivity contribution in [3.63, 3.8) is 0 Å². The number of benzene rings is 2. The second kappa shape index (κ2) is 7.31. The number of nitrogen functional groups attached to an aromatic ring is 2. The first-order valence-corrected chi connectivity index (χ1v) is 9.86. The van der Waals surface area contributed by atoms with Crippen LogP contribution in [0.4, 0.5) is 11.8 Å². The van der Waals surface area contributed by atoms with Crippen LogP contribution in [0.25, 0.3) is 21.8 Å². The van der Waals surface area contributed by atoms with Crippen molar-refractivity contribution in [3.05, 3.63) is 59.8 Å². The highest BCUT2D eigenvalue weighted by Crippen LogP contribution is 2.29. The number of rotatable bonds is 3. The molecule has 0 saturated carbocycles. The van der Waals surface area contributed by atoms with Crippen LogP contribution in [0.2, 0.25) is 0 Å². The normalized spacial score (nSPS) is 14.5. The zero-order chi connectivity index (χ0) is 20.7. The van der Waals surface area contributed by atoms with E-state index in [2.05, 4.69) is 14.5 Å². The number of carbonyl (C=O) groups excluding carboxylic acids is 1. The van der Waals surface area contributed by atoms with E-state index in [0.717, 1.165) is 27.4 Å². The van der Waals surface area contributed by atoms with Gasteiger partial charge in [0.2, 0.25) is 5.95 Å². The highest BCUT2D eigenvalue weighted by Gasteiger charge is 2.19. The standard InChI is InChI=1S/C22H22N6O2/c23-20-19-16-6-7-28(18(16)5-4-17(19)25-22(24)26-20)13-14-2-1-3-15(12-14)21(29)27-8-10-30-11-9-27/h1-7,12H,8-11,13H2,(H4,23,24,25,26). The van der Waals surface area contributed by atoms with Gasteiger partial charge in [0.15, 0.2) is 0 Å². The summed E-state index contributed by atoms with van der Waals surface area (Å²) in [6.07, 6.45) is 2.01. The summed E-state index contributed by atoms with van der Waals surface area (Å²) in [5.74, 6) is 0.588. The predicted molar refractivity (Wildman–Crippen MR) is 116 cm³/mol. The number of amides is 1. The van der Waals surface area contributed by atoms with E-state index in [4.69, 9.17) is 16.2 Å². The molecule has 4 N–H and O–H groups in total. The molecule has 1 amide bonds. The van der Waals surface area contributed by atoms with Gasteiger partial charge < -0.3 is 25.7 Å². The Morgan fingerprint density at radius 3 is 2.73 bits per heavy atom. The second-order valence-corrected chi connectivity index (χ2v) is 7.41. The average Bonchev–Trinajstić information content (AvgIpc) is 3.16. The molecule has 2 aromatic heterocycles. The van der Waals surface area contributed by atoms with E-state index in [9.17, 15) is 4.79 Å². The molecular formula is C22H22N6O2. The van der Waals surface area contributed by atoms with Crippen molar-refractivity contribution >= 4 is 39.5 Å². The van der Waals surface area contributed by atoms with E-state index >= 15 is 0 Å². The van der Waals surface area contributed by atoms with Gasteiger partial charge in [0.05, 0.1) is 24.1 Å². The summed E-state index contributed by atoms with van der Waals surface area (Å²) in [5, 5.41) is 1.78. The molecule has 8 nitrogen and oxygen atoms in total. The van der Waals surface area contributed by atoms with Crippen molar-refractivity contribution in [2.75, 3.05) is 37.8 Å². The van der Waals surface area contributed by atoms with Crippen molar-refractivity contribution in [1.29, 1.82) is 0 Å². The Labute approximate surface area is 173 Å². The summed E-state index contributed by atoms with van der Waals surface area (Å²) in [5.41, 5.74) is 15.3. The number of hydrogen-bond donors (Lipinski definition) is 2. The number of anilines is 2. The first-order chi connectivity index (χ1) is 14.6. The highest BCUT2D eigenvalue weighted by molar-refractivity contribution is 6.10. The smallest absolute Gasteiger partial charge is 0.254 e. The molecule has 8 heteroatoms. The van der Waals surface area contributed by atoms with Gasteiger partial charge in [0, 0.05) is 42.3 Å². The number of ether oxygens (including phenoxy) is 1. The lowest BCUT2D eigenvalue weighted by Gasteiger charge is -2.27. The van der Waals surface area contributed by atoms with Gasteiger partial charge in [-0.25, -0.2) is 4.98 Å². The Bertz CT molecular complexity index is 1260. The molecule has 1 aliphatic rings. The van der Waals surface area contributed by atoms with E-state index < -0.39 is 0 Å². The summed E-state index contributed by atoms with van der Waals surface area (Å²) < 4.78 is 7.47. The van der Waals surface area contributed by atoms with Crippen LogP contribution in [0, 0.1) is 0 Å². The molecule has 3 heterocycles.